The minimum absolute atomic E-state index is 0.718. The lowest BCUT2D eigenvalue weighted by molar-refractivity contribution is -0.150. The van der Waals surface area contributed by atoms with Crippen LogP contribution in [0.5, 0.6) is 0 Å². The van der Waals surface area contributed by atoms with Crippen molar-refractivity contribution in [3.05, 3.63) is 15.6 Å². The Morgan fingerprint density at radius 2 is 2.28 bits per heavy atom. The molecule has 18 heavy (non-hydrogen) atoms. The maximum atomic E-state index is 11.3. The van der Waals surface area contributed by atoms with Gasteiger partial charge in [-0.1, -0.05) is 6.92 Å². The van der Waals surface area contributed by atoms with Crippen LogP contribution in [0, 0.1) is 0 Å². The van der Waals surface area contributed by atoms with Crippen LogP contribution in [0.2, 0.25) is 0 Å². The molecule has 0 amide bonds. The van der Waals surface area contributed by atoms with Crippen LogP contribution in [0.3, 0.4) is 0 Å². The van der Waals surface area contributed by atoms with Crippen molar-refractivity contribution < 1.29 is 9.90 Å². The molecule has 0 saturated heterocycles. The van der Waals surface area contributed by atoms with Gasteiger partial charge >= 0.3 is 5.97 Å². The number of aliphatic carboxylic acids is 1. The van der Waals surface area contributed by atoms with Gasteiger partial charge in [-0.05, 0) is 26.7 Å². The van der Waals surface area contributed by atoms with Crippen molar-refractivity contribution in [2.75, 3.05) is 6.54 Å². The molecule has 1 aliphatic rings. The van der Waals surface area contributed by atoms with E-state index in [9.17, 15) is 9.90 Å². The second-order valence-electron chi connectivity index (χ2n) is 5.26. The van der Waals surface area contributed by atoms with Crippen LogP contribution in [0.15, 0.2) is 0 Å². The monoisotopic (exact) mass is 268 g/mol. The molecule has 5 heteroatoms. The number of fused-ring (bicyclic) bond motifs is 1. The summed E-state index contributed by atoms with van der Waals surface area (Å²) in [5, 5.41) is 10.5. The molecule has 2 heterocycles. The van der Waals surface area contributed by atoms with Crippen molar-refractivity contribution in [3.63, 3.8) is 0 Å². The number of rotatable bonds is 4. The van der Waals surface area contributed by atoms with E-state index in [4.69, 9.17) is 0 Å². The van der Waals surface area contributed by atoms with Gasteiger partial charge < -0.3 is 5.11 Å². The normalized spacial score (nSPS) is 16.6. The third kappa shape index (κ3) is 2.42. The Morgan fingerprint density at radius 1 is 1.56 bits per heavy atom. The Bertz CT molecular complexity index is 454. The molecule has 0 atom stereocenters. The largest absolute Gasteiger partial charge is 0.480 e. The van der Waals surface area contributed by atoms with E-state index < -0.39 is 11.5 Å². The molecule has 0 unspecified atom stereocenters. The summed E-state index contributed by atoms with van der Waals surface area (Å²) in [6, 6.07) is 0. The van der Waals surface area contributed by atoms with E-state index in [2.05, 4.69) is 11.9 Å². The van der Waals surface area contributed by atoms with Crippen LogP contribution < -0.4 is 0 Å². The van der Waals surface area contributed by atoms with Crippen molar-refractivity contribution in [2.45, 2.75) is 52.1 Å². The molecular formula is C13H20N2O2S. The number of nitrogens with zero attached hydrogens (tertiary/aromatic N) is 2. The second-order valence-corrected chi connectivity index (χ2v) is 6.43. The molecule has 0 spiro atoms. The van der Waals surface area contributed by atoms with Crippen molar-refractivity contribution in [2.24, 2.45) is 0 Å². The fourth-order valence-corrected chi connectivity index (χ4v) is 3.41. The Kier molecular flexibility index (Phi) is 3.73. The van der Waals surface area contributed by atoms with Crippen LogP contribution in [0.4, 0.5) is 0 Å². The van der Waals surface area contributed by atoms with E-state index >= 15 is 0 Å². The van der Waals surface area contributed by atoms with Gasteiger partial charge in [0, 0.05) is 24.4 Å². The van der Waals surface area contributed by atoms with Gasteiger partial charge in [-0.3, -0.25) is 9.69 Å². The zero-order valence-corrected chi connectivity index (χ0v) is 12.0. The summed E-state index contributed by atoms with van der Waals surface area (Å²) in [7, 11) is 0. The predicted molar refractivity (Wildman–Crippen MR) is 71.9 cm³/mol. The van der Waals surface area contributed by atoms with Crippen LogP contribution >= 0.6 is 11.3 Å². The van der Waals surface area contributed by atoms with Crippen LogP contribution in [-0.2, 0) is 24.2 Å². The standard InChI is InChI=1S/C13H20N2O2S/c1-4-5-11-14-9-6-7-15(8-10(9)18-11)13(2,3)12(16)17/h4-8H2,1-3H3,(H,16,17). The lowest BCUT2D eigenvalue weighted by Crippen LogP contribution is -2.51. The Labute approximate surface area is 112 Å². The summed E-state index contributed by atoms with van der Waals surface area (Å²) < 4.78 is 0. The molecular weight excluding hydrogens is 248 g/mol. The number of thiazole rings is 1. The number of aromatic nitrogens is 1. The molecule has 4 nitrogen and oxygen atoms in total. The molecule has 0 aromatic carbocycles. The van der Waals surface area contributed by atoms with Gasteiger partial charge in [-0.2, -0.15) is 0 Å². The maximum Gasteiger partial charge on any atom is 0.323 e. The average Bonchev–Trinajstić information content (AvgIpc) is 2.70. The highest BCUT2D eigenvalue weighted by molar-refractivity contribution is 7.11. The highest BCUT2D eigenvalue weighted by Gasteiger charge is 2.37. The van der Waals surface area contributed by atoms with E-state index in [1.54, 1.807) is 25.2 Å². The summed E-state index contributed by atoms with van der Waals surface area (Å²) in [5.74, 6) is -0.760. The van der Waals surface area contributed by atoms with Crippen LogP contribution in [0.25, 0.3) is 0 Å². The van der Waals surface area contributed by atoms with E-state index in [-0.39, 0.29) is 0 Å². The zero-order valence-electron chi connectivity index (χ0n) is 11.2. The molecule has 0 aliphatic carbocycles. The third-order valence-electron chi connectivity index (χ3n) is 3.55. The predicted octanol–water partition coefficient (Wildman–Crippen LogP) is 2.32. The SMILES string of the molecule is CCCc1nc2c(s1)CN(C(C)(C)C(=O)O)CC2. The first-order valence-corrected chi connectivity index (χ1v) is 7.22. The second kappa shape index (κ2) is 4.97. The van der Waals surface area contributed by atoms with E-state index in [1.165, 1.54) is 15.6 Å². The highest BCUT2D eigenvalue weighted by Crippen LogP contribution is 2.29. The van der Waals surface area contributed by atoms with E-state index in [1.807, 2.05) is 4.90 Å². The van der Waals surface area contributed by atoms with Crippen molar-refractivity contribution in [3.8, 4) is 0 Å². The number of carboxylic acids is 1. The Morgan fingerprint density at radius 3 is 2.89 bits per heavy atom. The molecule has 2 rings (SSSR count). The Balaban J connectivity index is 2.17. The van der Waals surface area contributed by atoms with Gasteiger partial charge in [-0.25, -0.2) is 4.98 Å². The maximum absolute atomic E-state index is 11.3. The number of aryl methyl sites for hydroxylation is 1. The molecule has 1 aromatic heterocycles. The lowest BCUT2D eigenvalue weighted by atomic mass is 10.00. The third-order valence-corrected chi connectivity index (χ3v) is 4.70. The van der Waals surface area contributed by atoms with Gasteiger partial charge in [0.05, 0.1) is 10.7 Å². The smallest absolute Gasteiger partial charge is 0.323 e. The molecule has 0 bridgehead atoms. The molecule has 1 N–H and O–H groups in total. The minimum atomic E-state index is -0.799. The minimum Gasteiger partial charge on any atom is -0.480 e. The summed E-state index contributed by atoms with van der Waals surface area (Å²) in [6.07, 6.45) is 3.00. The zero-order chi connectivity index (χ0) is 13.3. The Hall–Kier alpha value is -0.940. The van der Waals surface area contributed by atoms with Gasteiger partial charge in [0.25, 0.3) is 0 Å². The molecule has 0 radical (unpaired) electrons. The molecule has 1 aromatic rings. The molecule has 0 fully saturated rings. The van der Waals surface area contributed by atoms with Crippen LogP contribution in [0.1, 0.15) is 42.8 Å². The fourth-order valence-electron chi connectivity index (χ4n) is 2.18. The topological polar surface area (TPSA) is 53.4 Å². The molecule has 0 saturated carbocycles. The summed E-state index contributed by atoms with van der Waals surface area (Å²) in [4.78, 5) is 19.2. The fraction of sp³-hybridized carbons (Fsp3) is 0.692. The van der Waals surface area contributed by atoms with Gasteiger partial charge in [-0.15, -0.1) is 11.3 Å². The quantitative estimate of drug-likeness (QED) is 0.910. The first-order valence-electron chi connectivity index (χ1n) is 6.41. The number of carboxylic acid groups (broad SMARTS) is 1. The number of carbonyl (C=O) groups is 1. The molecule has 1 aliphatic heterocycles. The average molecular weight is 268 g/mol. The van der Waals surface area contributed by atoms with Crippen molar-refractivity contribution in [1.29, 1.82) is 0 Å². The van der Waals surface area contributed by atoms with Crippen molar-refractivity contribution >= 4 is 17.3 Å². The first-order chi connectivity index (χ1) is 8.45. The van der Waals surface area contributed by atoms with E-state index in [0.29, 0.717) is 0 Å². The summed E-state index contributed by atoms with van der Waals surface area (Å²) >= 11 is 1.75. The molecule has 100 valence electrons. The number of hydrogen-bond donors (Lipinski definition) is 1. The first kappa shape index (κ1) is 13.5. The lowest BCUT2D eigenvalue weighted by Gasteiger charge is -2.37. The van der Waals surface area contributed by atoms with Gasteiger partial charge in [0.1, 0.15) is 5.54 Å². The summed E-state index contributed by atoms with van der Waals surface area (Å²) in [6.45, 7) is 7.19. The van der Waals surface area contributed by atoms with Gasteiger partial charge in [0.2, 0.25) is 0 Å². The van der Waals surface area contributed by atoms with Crippen molar-refractivity contribution in [1.82, 2.24) is 9.88 Å². The van der Waals surface area contributed by atoms with Crippen LogP contribution in [-0.4, -0.2) is 33.0 Å². The van der Waals surface area contributed by atoms with E-state index in [0.717, 1.165) is 32.4 Å². The number of hydrogen-bond acceptors (Lipinski definition) is 4. The summed E-state index contributed by atoms with van der Waals surface area (Å²) in [5.41, 5.74) is 0.382. The highest BCUT2D eigenvalue weighted by atomic mass is 32.1. The van der Waals surface area contributed by atoms with Gasteiger partial charge in [0.15, 0.2) is 0 Å².